The SMILES string of the molecule is O=C(CC(c1ccc(F)cc1)c1cn(Cc2ccccc2)c2ccccc12)N1CCCC1. The fourth-order valence-electron chi connectivity index (χ4n) is 4.84. The molecule has 3 nitrogen and oxygen atoms in total. The van der Waals surface area contributed by atoms with Crippen molar-refractivity contribution in [3.63, 3.8) is 0 Å². The van der Waals surface area contributed by atoms with Crippen LogP contribution in [0.2, 0.25) is 0 Å². The Bertz CT molecular complexity index is 1210. The lowest BCUT2D eigenvalue weighted by Gasteiger charge is -2.21. The van der Waals surface area contributed by atoms with E-state index in [0.29, 0.717) is 6.42 Å². The number of carbonyl (C=O) groups excluding carboxylic acids is 1. The minimum atomic E-state index is -0.259. The Morgan fingerprint density at radius 3 is 2.31 bits per heavy atom. The highest BCUT2D eigenvalue weighted by Gasteiger charge is 2.26. The van der Waals surface area contributed by atoms with Crippen molar-refractivity contribution in [2.45, 2.75) is 31.7 Å². The Hall–Kier alpha value is -3.40. The van der Waals surface area contributed by atoms with Crippen LogP contribution in [0.15, 0.2) is 85.1 Å². The number of hydrogen-bond acceptors (Lipinski definition) is 1. The fourth-order valence-corrected chi connectivity index (χ4v) is 4.84. The van der Waals surface area contributed by atoms with Crippen molar-refractivity contribution in [1.82, 2.24) is 9.47 Å². The monoisotopic (exact) mass is 426 g/mol. The zero-order valence-electron chi connectivity index (χ0n) is 18.1. The summed E-state index contributed by atoms with van der Waals surface area (Å²) in [6.45, 7) is 2.44. The Kier molecular flexibility index (Phi) is 5.76. The van der Waals surface area contributed by atoms with Gasteiger partial charge in [0.15, 0.2) is 0 Å². The largest absolute Gasteiger partial charge is 0.343 e. The smallest absolute Gasteiger partial charge is 0.223 e. The molecule has 1 fully saturated rings. The number of likely N-dealkylation sites (tertiary alicyclic amines) is 1. The number of benzene rings is 3. The zero-order chi connectivity index (χ0) is 21.9. The van der Waals surface area contributed by atoms with Gasteiger partial charge in [-0.1, -0.05) is 60.7 Å². The van der Waals surface area contributed by atoms with Crippen LogP contribution in [0.3, 0.4) is 0 Å². The molecule has 162 valence electrons. The van der Waals surface area contributed by atoms with Gasteiger partial charge in [-0.25, -0.2) is 4.39 Å². The molecule has 0 radical (unpaired) electrons. The molecule has 0 saturated carbocycles. The third-order valence-electron chi connectivity index (χ3n) is 6.50. The summed E-state index contributed by atoms with van der Waals surface area (Å²) in [4.78, 5) is 15.1. The summed E-state index contributed by atoms with van der Waals surface area (Å²) in [5, 5.41) is 1.15. The first-order valence-electron chi connectivity index (χ1n) is 11.3. The van der Waals surface area contributed by atoms with Crippen molar-refractivity contribution in [3.05, 3.63) is 108 Å². The lowest BCUT2D eigenvalue weighted by molar-refractivity contribution is -0.130. The molecule has 4 heteroatoms. The lowest BCUT2D eigenvalue weighted by Crippen LogP contribution is -2.29. The van der Waals surface area contributed by atoms with Crippen molar-refractivity contribution < 1.29 is 9.18 Å². The minimum Gasteiger partial charge on any atom is -0.343 e. The maximum absolute atomic E-state index is 13.7. The van der Waals surface area contributed by atoms with Crippen LogP contribution in [0, 0.1) is 5.82 Å². The molecule has 1 aliphatic rings. The first kappa shape index (κ1) is 20.5. The van der Waals surface area contributed by atoms with Crippen LogP contribution >= 0.6 is 0 Å². The van der Waals surface area contributed by atoms with Crippen LogP contribution in [0.4, 0.5) is 4.39 Å². The predicted molar refractivity (Wildman–Crippen MR) is 126 cm³/mol. The Labute approximate surface area is 188 Å². The van der Waals surface area contributed by atoms with Crippen molar-refractivity contribution in [2.24, 2.45) is 0 Å². The first-order valence-corrected chi connectivity index (χ1v) is 11.3. The van der Waals surface area contributed by atoms with Crippen LogP contribution in [0.25, 0.3) is 10.9 Å². The molecule has 0 aliphatic carbocycles. The second-order valence-corrected chi connectivity index (χ2v) is 8.61. The summed E-state index contributed by atoms with van der Waals surface area (Å²) in [6, 6.07) is 25.4. The molecule has 2 heterocycles. The van der Waals surface area contributed by atoms with Gasteiger partial charge >= 0.3 is 0 Å². The number of aromatic nitrogens is 1. The van der Waals surface area contributed by atoms with Gasteiger partial charge in [-0.3, -0.25) is 4.79 Å². The maximum Gasteiger partial charge on any atom is 0.223 e. The fraction of sp³-hybridized carbons (Fsp3) is 0.250. The van der Waals surface area contributed by atoms with Crippen molar-refractivity contribution in [2.75, 3.05) is 13.1 Å². The van der Waals surface area contributed by atoms with E-state index in [0.717, 1.165) is 54.5 Å². The zero-order valence-corrected chi connectivity index (χ0v) is 18.1. The van der Waals surface area contributed by atoms with Gasteiger partial charge in [0.2, 0.25) is 5.91 Å². The standard InChI is InChI=1S/C28H27FN2O/c29-23-14-12-22(13-15-23)25(18-28(32)30-16-6-7-17-30)26-20-31(19-21-8-2-1-3-9-21)27-11-5-4-10-24(26)27/h1-5,8-15,20,25H,6-7,16-19H2. The lowest BCUT2D eigenvalue weighted by atomic mass is 9.88. The molecule has 1 unspecified atom stereocenters. The summed E-state index contributed by atoms with van der Waals surface area (Å²) in [5.41, 5.74) is 4.47. The highest BCUT2D eigenvalue weighted by atomic mass is 19.1. The van der Waals surface area contributed by atoms with E-state index in [2.05, 4.69) is 53.2 Å². The molecule has 1 saturated heterocycles. The number of amides is 1. The molecule has 1 aromatic heterocycles. The summed E-state index contributed by atoms with van der Waals surface area (Å²) in [6.07, 6.45) is 4.72. The van der Waals surface area contributed by atoms with Crippen LogP contribution in [-0.2, 0) is 11.3 Å². The highest BCUT2D eigenvalue weighted by molar-refractivity contribution is 5.87. The van der Waals surface area contributed by atoms with E-state index < -0.39 is 0 Å². The van der Waals surface area contributed by atoms with E-state index in [1.54, 1.807) is 0 Å². The van der Waals surface area contributed by atoms with Gasteiger partial charge in [0.1, 0.15) is 5.82 Å². The summed E-state index contributed by atoms with van der Waals surface area (Å²) >= 11 is 0. The van der Waals surface area contributed by atoms with Crippen LogP contribution < -0.4 is 0 Å². The number of nitrogens with zero attached hydrogens (tertiary/aromatic N) is 2. The average molecular weight is 427 g/mol. The molecule has 0 bridgehead atoms. The molecular weight excluding hydrogens is 399 g/mol. The number of para-hydroxylation sites is 1. The van der Waals surface area contributed by atoms with Gasteiger partial charge in [0, 0.05) is 49.1 Å². The molecule has 3 aromatic carbocycles. The highest BCUT2D eigenvalue weighted by Crippen LogP contribution is 2.36. The summed E-state index contributed by atoms with van der Waals surface area (Å²) < 4.78 is 15.9. The van der Waals surface area contributed by atoms with E-state index in [-0.39, 0.29) is 17.6 Å². The molecule has 32 heavy (non-hydrogen) atoms. The molecule has 0 N–H and O–H groups in total. The van der Waals surface area contributed by atoms with Gasteiger partial charge in [-0.05, 0) is 47.7 Å². The number of hydrogen-bond donors (Lipinski definition) is 0. The van der Waals surface area contributed by atoms with Gasteiger partial charge in [-0.15, -0.1) is 0 Å². The summed E-state index contributed by atoms with van der Waals surface area (Å²) in [7, 11) is 0. The topological polar surface area (TPSA) is 25.2 Å². The molecule has 5 rings (SSSR count). The molecular formula is C28H27FN2O. The maximum atomic E-state index is 13.7. The van der Waals surface area contributed by atoms with E-state index >= 15 is 0 Å². The second-order valence-electron chi connectivity index (χ2n) is 8.61. The Morgan fingerprint density at radius 2 is 1.56 bits per heavy atom. The van der Waals surface area contributed by atoms with Crippen LogP contribution in [0.1, 0.15) is 41.9 Å². The van der Waals surface area contributed by atoms with Crippen molar-refractivity contribution in [3.8, 4) is 0 Å². The van der Waals surface area contributed by atoms with E-state index in [9.17, 15) is 9.18 Å². The average Bonchev–Trinajstić information content (AvgIpc) is 3.48. The van der Waals surface area contributed by atoms with Gasteiger partial charge in [0.25, 0.3) is 0 Å². The first-order chi connectivity index (χ1) is 15.7. The van der Waals surface area contributed by atoms with Crippen molar-refractivity contribution in [1.29, 1.82) is 0 Å². The van der Waals surface area contributed by atoms with Gasteiger partial charge in [-0.2, -0.15) is 0 Å². The van der Waals surface area contributed by atoms with Crippen LogP contribution in [0.5, 0.6) is 0 Å². The quantitative estimate of drug-likeness (QED) is 0.373. The molecule has 1 amide bonds. The third-order valence-corrected chi connectivity index (χ3v) is 6.50. The minimum absolute atomic E-state index is 0.120. The molecule has 0 spiro atoms. The normalized spacial score (nSPS) is 14.7. The predicted octanol–water partition coefficient (Wildman–Crippen LogP) is 5.97. The van der Waals surface area contributed by atoms with E-state index in [4.69, 9.17) is 0 Å². The Balaban J connectivity index is 1.57. The molecule has 4 aromatic rings. The summed E-state index contributed by atoms with van der Waals surface area (Å²) in [5.74, 6) is -0.202. The van der Waals surface area contributed by atoms with Gasteiger partial charge in [0.05, 0.1) is 0 Å². The number of halogens is 1. The number of carbonyl (C=O) groups is 1. The van der Waals surface area contributed by atoms with Crippen LogP contribution in [-0.4, -0.2) is 28.5 Å². The second kappa shape index (κ2) is 8.99. The number of fused-ring (bicyclic) bond motifs is 1. The van der Waals surface area contributed by atoms with Gasteiger partial charge < -0.3 is 9.47 Å². The number of rotatable bonds is 6. The van der Waals surface area contributed by atoms with E-state index in [1.165, 1.54) is 17.7 Å². The Morgan fingerprint density at radius 1 is 0.875 bits per heavy atom. The molecule has 1 atom stereocenters. The third kappa shape index (κ3) is 4.18. The van der Waals surface area contributed by atoms with E-state index in [1.807, 2.05) is 29.2 Å². The molecule has 1 aliphatic heterocycles. The van der Waals surface area contributed by atoms with Crippen molar-refractivity contribution >= 4 is 16.8 Å².